The number of carbonyl (C=O) groups excluding carboxylic acids is 2. The van der Waals surface area contributed by atoms with E-state index in [0.717, 1.165) is 36.4 Å². The lowest BCUT2D eigenvalue weighted by atomic mass is 10.0. The second-order valence-electron chi connectivity index (χ2n) is 5.65. The van der Waals surface area contributed by atoms with Crippen molar-refractivity contribution in [3.05, 3.63) is 23.8 Å². The van der Waals surface area contributed by atoms with Crippen molar-refractivity contribution in [3.8, 4) is 11.5 Å². The van der Waals surface area contributed by atoms with Crippen LogP contribution in [0.5, 0.6) is 11.5 Å². The number of amides is 3. The maximum absolute atomic E-state index is 12.0. The molecule has 0 bridgehead atoms. The maximum Gasteiger partial charge on any atom is 0.321 e. The van der Waals surface area contributed by atoms with Crippen LogP contribution in [0, 0.1) is 0 Å². The SMILES string of the molecule is CCNC(=O)NC(=O)CN1CCC[C@H]1c1ccc2c(c1)OCO2. The van der Waals surface area contributed by atoms with E-state index in [2.05, 4.69) is 15.5 Å². The van der Waals surface area contributed by atoms with Crippen molar-refractivity contribution >= 4 is 11.9 Å². The van der Waals surface area contributed by atoms with E-state index in [4.69, 9.17) is 9.47 Å². The molecule has 1 atom stereocenters. The van der Waals surface area contributed by atoms with Crippen molar-refractivity contribution in [2.24, 2.45) is 0 Å². The summed E-state index contributed by atoms with van der Waals surface area (Å²) in [6.07, 6.45) is 2.00. The minimum Gasteiger partial charge on any atom is -0.454 e. The smallest absolute Gasteiger partial charge is 0.321 e. The largest absolute Gasteiger partial charge is 0.454 e. The molecule has 7 heteroatoms. The fourth-order valence-electron chi connectivity index (χ4n) is 3.07. The van der Waals surface area contributed by atoms with Gasteiger partial charge in [0, 0.05) is 12.6 Å². The normalized spacial score (nSPS) is 19.6. The molecule has 0 spiro atoms. The third kappa shape index (κ3) is 3.56. The van der Waals surface area contributed by atoms with Gasteiger partial charge in [-0.1, -0.05) is 6.07 Å². The molecule has 2 aliphatic heterocycles. The maximum atomic E-state index is 12.0. The number of hydrogen-bond donors (Lipinski definition) is 2. The Morgan fingerprint density at radius 1 is 1.30 bits per heavy atom. The number of hydrogen-bond acceptors (Lipinski definition) is 5. The molecular formula is C16H21N3O4. The minimum atomic E-state index is -0.448. The van der Waals surface area contributed by atoms with Gasteiger partial charge in [0.2, 0.25) is 12.7 Å². The number of rotatable bonds is 4. The van der Waals surface area contributed by atoms with Gasteiger partial charge in [-0.25, -0.2) is 4.79 Å². The van der Waals surface area contributed by atoms with Crippen LogP contribution in [0.4, 0.5) is 4.79 Å². The molecule has 7 nitrogen and oxygen atoms in total. The number of nitrogens with one attached hydrogen (secondary N) is 2. The highest BCUT2D eigenvalue weighted by atomic mass is 16.7. The fraction of sp³-hybridized carbons (Fsp3) is 0.500. The monoisotopic (exact) mass is 319 g/mol. The predicted octanol–water partition coefficient (Wildman–Crippen LogP) is 1.40. The van der Waals surface area contributed by atoms with Crippen LogP contribution < -0.4 is 20.1 Å². The Kier molecular flexibility index (Phi) is 4.66. The predicted molar refractivity (Wildman–Crippen MR) is 83.3 cm³/mol. The van der Waals surface area contributed by atoms with Crippen LogP contribution in [-0.2, 0) is 4.79 Å². The van der Waals surface area contributed by atoms with Gasteiger partial charge in [-0.2, -0.15) is 0 Å². The molecular weight excluding hydrogens is 298 g/mol. The first-order valence-corrected chi connectivity index (χ1v) is 7.88. The summed E-state index contributed by atoms with van der Waals surface area (Å²) in [6, 6.07) is 5.61. The Morgan fingerprint density at radius 3 is 2.96 bits per heavy atom. The van der Waals surface area contributed by atoms with Crippen molar-refractivity contribution < 1.29 is 19.1 Å². The Balaban J connectivity index is 1.63. The summed E-state index contributed by atoms with van der Waals surface area (Å²) in [5, 5.41) is 4.90. The van der Waals surface area contributed by atoms with E-state index in [1.54, 1.807) is 6.92 Å². The quantitative estimate of drug-likeness (QED) is 0.877. The average Bonchev–Trinajstić information content (AvgIpc) is 3.14. The molecule has 2 heterocycles. The van der Waals surface area contributed by atoms with Gasteiger partial charge in [0.1, 0.15) is 0 Å². The topological polar surface area (TPSA) is 79.9 Å². The Labute approximate surface area is 134 Å². The zero-order chi connectivity index (χ0) is 16.2. The highest BCUT2D eigenvalue weighted by molar-refractivity contribution is 5.95. The van der Waals surface area contributed by atoms with Crippen LogP contribution in [-0.4, -0.2) is 43.3 Å². The average molecular weight is 319 g/mol. The Morgan fingerprint density at radius 2 is 2.13 bits per heavy atom. The number of benzene rings is 1. The number of urea groups is 1. The van der Waals surface area contributed by atoms with E-state index in [0.29, 0.717) is 6.54 Å². The lowest BCUT2D eigenvalue weighted by Gasteiger charge is -2.24. The van der Waals surface area contributed by atoms with Gasteiger partial charge in [-0.15, -0.1) is 0 Å². The molecule has 1 aromatic carbocycles. The molecule has 2 aliphatic rings. The summed E-state index contributed by atoms with van der Waals surface area (Å²) in [4.78, 5) is 25.5. The first-order valence-electron chi connectivity index (χ1n) is 7.88. The first kappa shape index (κ1) is 15.6. The van der Waals surface area contributed by atoms with Crippen LogP contribution in [0.15, 0.2) is 18.2 Å². The molecule has 0 aliphatic carbocycles. The summed E-state index contributed by atoms with van der Waals surface area (Å²) in [5.74, 6) is 1.22. The molecule has 23 heavy (non-hydrogen) atoms. The molecule has 0 radical (unpaired) electrons. The third-order valence-electron chi connectivity index (χ3n) is 4.08. The van der Waals surface area contributed by atoms with Crippen molar-refractivity contribution in [3.63, 3.8) is 0 Å². The van der Waals surface area contributed by atoms with Crippen molar-refractivity contribution in [1.82, 2.24) is 15.5 Å². The molecule has 0 saturated carbocycles. The van der Waals surface area contributed by atoms with Crippen molar-refractivity contribution in [2.75, 3.05) is 26.4 Å². The Bertz CT molecular complexity index is 605. The highest BCUT2D eigenvalue weighted by Crippen LogP contribution is 2.38. The van der Waals surface area contributed by atoms with Gasteiger partial charge in [0.05, 0.1) is 6.54 Å². The van der Waals surface area contributed by atoms with E-state index >= 15 is 0 Å². The van der Waals surface area contributed by atoms with E-state index in [1.807, 2.05) is 18.2 Å². The van der Waals surface area contributed by atoms with E-state index in [-0.39, 0.29) is 25.3 Å². The number of imide groups is 1. The van der Waals surface area contributed by atoms with Gasteiger partial charge in [-0.3, -0.25) is 15.0 Å². The summed E-state index contributed by atoms with van der Waals surface area (Å²) < 4.78 is 10.8. The summed E-state index contributed by atoms with van der Waals surface area (Å²) in [7, 11) is 0. The van der Waals surface area contributed by atoms with Gasteiger partial charge >= 0.3 is 6.03 Å². The summed E-state index contributed by atoms with van der Waals surface area (Å²) >= 11 is 0. The van der Waals surface area contributed by atoms with Crippen LogP contribution in [0.25, 0.3) is 0 Å². The van der Waals surface area contributed by atoms with E-state index < -0.39 is 6.03 Å². The number of fused-ring (bicyclic) bond motifs is 1. The van der Waals surface area contributed by atoms with E-state index in [9.17, 15) is 9.59 Å². The minimum absolute atomic E-state index is 0.157. The number of nitrogens with zero attached hydrogens (tertiary/aromatic N) is 1. The second-order valence-corrected chi connectivity index (χ2v) is 5.65. The van der Waals surface area contributed by atoms with Gasteiger partial charge in [0.15, 0.2) is 11.5 Å². The molecule has 1 fully saturated rings. The zero-order valence-electron chi connectivity index (χ0n) is 13.1. The summed E-state index contributed by atoms with van der Waals surface area (Å²) in [6.45, 7) is 3.59. The molecule has 124 valence electrons. The van der Waals surface area contributed by atoms with Crippen molar-refractivity contribution in [2.45, 2.75) is 25.8 Å². The van der Waals surface area contributed by atoms with Gasteiger partial charge < -0.3 is 14.8 Å². The fourth-order valence-corrected chi connectivity index (χ4v) is 3.07. The number of carbonyl (C=O) groups is 2. The standard InChI is InChI=1S/C16H21N3O4/c1-2-17-16(21)18-15(20)9-19-7-3-4-12(19)11-5-6-13-14(8-11)23-10-22-13/h5-6,8,12H,2-4,7,9-10H2,1H3,(H2,17,18,20,21)/t12-/m0/s1. The molecule has 0 aromatic heterocycles. The van der Waals surface area contributed by atoms with Crippen LogP contribution in [0.2, 0.25) is 0 Å². The van der Waals surface area contributed by atoms with Crippen LogP contribution >= 0.6 is 0 Å². The molecule has 1 aromatic rings. The molecule has 3 amide bonds. The van der Waals surface area contributed by atoms with Gasteiger partial charge in [0.25, 0.3) is 0 Å². The van der Waals surface area contributed by atoms with Gasteiger partial charge in [-0.05, 0) is 44.0 Å². The summed E-state index contributed by atoms with van der Waals surface area (Å²) in [5.41, 5.74) is 1.11. The Hall–Kier alpha value is -2.28. The van der Waals surface area contributed by atoms with Crippen LogP contribution in [0.1, 0.15) is 31.4 Å². The van der Waals surface area contributed by atoms with E-state index in [1.165, 1.54) is 0 Å². The van der Waals surface area contributed by atoms with Crippen molar-refractivity contribution in [1.29, 1.82) is 0 Å². The second kappa shape index (κ2) is 6.87. The lowest BCUT2D eigenvalue weighted by molar-refractivity contribution is -0.121. The number of ether oxygens (including phenoxy) is 2. The van der Waals surface area contributed by atoms with Crippen LogP contribution in [0.3, 0.4) is 0 Å². The zero-order valence-corrected chi connectivity index (χ0v) is 13.1. The molecule has 0 unspecified atom stereocenters. The third-order valence-corrected chi connectivity index (χ3v) is 4.08. The molecule has 2 N–H and O–H groups in total. The number of likely N-dealkylation sites (tertiary alicyclic amines) is 1. The molecule has 1 saturated heterocycles. The lowest BCUT2D eigenvalue weighted by Crippen LogP contribution is -2.44. The first-order chi connectivity index (χ1) is 11.2. The highest BCUT2D eigenvalue weighted by Gasteiger charge is 2.29. The molecule has 3 rings (SSSR count).